The zero-order valence-electron chi connectivity index (χ0n) is 18.6. The first-order chi connectivity index (χ1) is 16.1. The van der Waals surface area contributed by atoms with Gasteiger partial charge in [-0.1, -0.05) is 0 Å². The Hall–Kier alpha value is -3.62. The molecule has 1 amide bonds. The summed E-state index contributed by atoms with van der Waals surface area (Å²) in [5.74, 6) is 0.773. The predicted molar refractivity (Wildman–Crippen MR) is 123 cm³/mol. The molecule has 0 atom stereocenters. The summed E-state index contributed by atoms with van der Waals surface area (Å²) in [5, 5.41) is 10.4. The number of aryl methyl sites for hydroxylation is 1. The minimum Gasteiger partial charge on any atom is -0.354 e. The fourth-order valence-electron chi connectivity index (χ4n) is 3.89. The molecule has 9 heteroatoms. The first-order valence-electron chi connectivity index (χ1n) is 11.5. The van der Waals surface area contributed by atoms with Gasteiger partial charge in [-0.15, -0.1) is 0 Å². The van der Waals surface area contributed by atoms with Crippen LogP contribution in [-0.2, 0) is 13.0 Å². The molecule has 0 aliphatic heterocycles. The van der Waals surface area contributed by atoms with Crippen LogP contribution >= 0.6 is 0 Å². The summed E-state index contributed by atoms with van der Waals surface area (Å²) in [4.78, 5) is 38.4. The molecule has 0 spiro atoms. The number of Topliss-reactive ketones (excluding diaryl/α,β-unsaturated/α-hetero) is 1. The fourth-order valence-corrected chi connectivity index (χ4v) is 3.89. The number of ketones is 1. The SMILES string of the molecule is CNC(=O)c1nn(CC2CC2)cc1CCC(=O)c1nc(C2CC2)ccc1Nc1cncnc1. The Morgan fingerprint density at radius 2 is 1.88 bits per heavy atom. The van der Waals surface area contributed by atoms with Crippen molar-refractivity contribution in [1.82, 2.24) is 30.0 Å². The van der Waals surface area contributed by atoms with Gasteiger partial charge in [-0.2, -0.15) is 5.10 Å². The molecule has 2 saturated carbocycles. The second kappa shape index (κ2) is 9.09. The second-order valence-electron chi connectivity index (χ2n) is 8.83. The van der Waals surface area contributed by atoms with Crippen molar-refractivity contribution in [2.24, 2.45) is 5.92 Å². The van der Waals surface area contributed by atoms with Crippen molar-refractivity contribution < 1.29 is 9.59 Å². The van der Waals surface area contributed by atoms with Crippen LogP contribution in [0.5, 0.6) is 0 Å². The first-order valence-corrected chi connectivity index (χ1v) is 11.5. The Balaban J connectivity index is 1.36. The van der Waals surface area contributed by atoms with Crippen molar-refractivity contribution >= 4 is 23.1 Å². The van der Waals surface area contributed by atoms with Crippen molar-refractivity contribution in [1.29, 1.82) is 0 Å². The molecule has 2 aliphatic rings. The van der Waals surface area contributed by atoms with Gasteiger partial charge < -0.3 is 10.6 Å². The largest absolute Gasteiger partial charge is 0.354 e. The molecule has 3 aromatic heterocycles. The number of rotatable bonds is 10. The molecule has 9 nitrogen and oxygen atoms in total. The van der Waals surface area contributed by atoms with Gasteiger partial charge in [0.1, 0.15) is 12.0 Å². The van der Waals surface area contributed by atoms with E-state index in [9.17, 15) is 9.59 Å². The number of hydrogen-bond acceptors (Lipinski definition) is 7. The van der Waals surface area contributed by atoms with E-state index in [1.807, 2.05) is 23.0 Å². The molecule has 0 unspecified atom stereocenters. The topological polar surface area (TPSA) is 115 Å². The molecular formula is C24H27N7O2. The van der Waals surface area contributed by atoms with E-state index in [2.05, 4.69) is 25.7 Å². The molecule has 5 rings (SSSR count). The van der Waals surface area contributed by atoms with E-state index in [0.29, 0.717) is 41.0 Å². The Kier molecular flexibility index (Phi) is 5.85. The summed E-state index contributed by atoms with van der Waals surface area (Å²) in [6, 6.07) is 3.89. The highest BCUT2D eigenvalue weighted by molar-refractivity contribution is 6.00. The lowest BCUT2D eigenvalue weighted by Crippen LogP contribution is -2.20. The molecule has 170 valence electrons. The van der Waals surface area contributed by atoms with E-state index >= 15 is 0 Å². The molecule has 3 aromatic rings. The number of carbonyl (C=O) groups is 2. The maximum absolute atomic E-state index is 13.3. The molecule has 0 bridgehead atoms. The zero-order chi connectivity index (χ0) is 22.8. The van der Waals surface area contributed by atoms with Crippen molar-refractivity contribution in [3.63, 3.8) is 0 Å². The minimum atomic E-state index is -0.229. The van der Waals surface area contributed by atoms with Crippen LogP contribution in [0.1, 0.15) is 70.3 Å². The second-order valence-corrected chi connectivity index (χ2v) is 8.83. The molecule has 2 N–H and O–H groups in total. The molecular weight excluding hydrogens is 418 g/mol. The average molecular weight is 446 g/mol. The fraction of sp³-hybridized carbons (Fsp3) is 0.417. The van der Waals surface area contributed by atoms with E-state index in [0.717, 1.165) is 30.6 Å². The third-order valence-corrected chi connectivity index (χ3v) is 6.06. The summed E-state index contributed by atoms with van der Waals surface area (Å²) in [7, 11) is 1.59. The van der Waals surface area contributed by atoms with Gasteiger partial charge in [-0.3, -0.25) is 14.3 Å². The van der Waals surface area contributed by atoms with Gasteiger partial charge in [0.05, 0.1) is 23.8 Å². The van der Waals surface area contributed by atoms with Crippen LogP contribution < -0.4 is 10.6 Å². The minimum absolute atomic E-state index is 0.0744. The predicted octanol–water partition coefficient (Wildman–Crippen LogP) is 3.27. The van der Waals surface area contributed by atoms with Gasteiger partial charge in [0.25, 0.3) is 5.91 Å². The third kappa shape index (κ3) is 5.08. The molecule has 0 radical (unpaired) electrons. The van der Waals surface area contributed by atoms with E-state index in [4.69, 9.17) is 4.98 Å². The number of carbonyl (C=O) groups excluding carboxylic acids is 2. The highest BCUT2D eigenvalue weighted by atomic mass is 16.2. The molecule has 33 heavy (non-hydrogen) atoms. The highest BCUT2D eigenvalue weighted by Gasteiger charge is 2.27. The van der Waals surface area contributed by atoms with Crippen molar-refractivity contribution in [3.05, 3.63) is 59.7 Å². The standard InChI is InChI=1S/C24H27N7O2/c1-25-24(33)22-17(13-31(30-22)12-15-2-3-15)6-9-21(32)23-20(28-18-10-26-14-27-11-18)8-7-19(29-23)16-4-5-16/h7-8,10-11,13-16,28H,2-6,9,12H2,1H3,(H,25,33). The average Bonchev–Trinajstić information content (AvgIpc) is 3.77. The van der Waals surface area contributed by atoms with Crippen LogP contribution in [0.3, 0.4) is 0 Å². The number of anilines is 2. The molecule has 2 aliphatic carbocycles. The summed E-state index contributed by atoms with van der Waals surface area (Å²) in [6.07, 6.45) is 12.0. The first kappa shape index (κ1) is 21.2. The lowest BCUT2D eigenvalue weighted by molar-refractivity contribution is 0.0949. The van der Waals surface area contributed by atoms with Crippen LogP contribution in [0.2, 0.25) is 0 Å². The number of nitrogens with one attached hydrogen (secondary N) is 2. The summed E-state index contributed by atoms with van der Waals surface area (Å²) in [6.45, 7) is 0.816. The van der Waals surface area contributed by atoms with Crippen LogP contribution in [0, 0.1) is 5.92 Å². The van der Waals surface area contributed by atoms with E-state index in [1.54, 1.807) is 19.4 Å². The molecule has 2 fully saturated rings. The normalized spacial score (nSPS) is 15.3. The number of aromatic nitrogens is 5. The van der Waals surface area contributed by atoms with E-state index < -0.39 is 0 Å². The van der Waals surface area contributed by atoms with Crippen LogP contribution in [-0.4, -0.2) is 43.5 Å². The maximum atomic E-state index is 13.3. The number of nitrogens with zero attached hydrogens (tertiary/aromatic N) is 5. The van der Waals surface area contributed by atoms with Crippen molar-refractivity contribution in [2.75, 3.05) is 12.4 Å². The van der Waals surface area contributed by atoms with Gasteiger partial charge in [-0.25, -0.2) is 15.0 Å². The van der Waals surface area contributed by atoms with Gasteiger partial charge in [0.15, 0.2) is 11.5 Å². The van der Waals surface area contributed by atoms with E-state index in [-0.39, 0.29) is 18.1 Å². The summed E-state index contributed by atoms with van der Waals surface area (Å²) in [5.41, 5.74) is 3.87. The number of pyridine rings is 1. The van der Waals surface area contributed by atoms with Gasteiger partial charge in [0, 0.05) is 43.4 Å². The third-order valence-electron chi connectivity index (χ3n) is 6.06. The Morgan fingerprint density at radius 1 is 1.09 bits per heavy atom. The van der Waals surface area contributed by atoms with Gasteiger partial charge in [0.2, 0.25) is 0 Å². The van der Waals surface area contributed by atoms with Crippen LogP contribution in [0.4, 0.5) is 11.4 Å². The number of hydrogen-bond donors (Lipinski definition) is 2. The molecule has 3 heterocycles. The zero-order valence-corrected chi connectivity index (χ0v) is 18.6. The van der Waals surface area contributed by atoms with Gasteiger partial charge in [-0.05, 0) is 50.2 Å². The summed E-state index contributed by atoms with van der Waals surface area (Å²) < 4.78 is 1.84. The van der Waals surface area contributed by atoms with E-state index in [1.165, 1.54) is 19.2 Å². The highest BCUT2D eigenvalue weighted by Crippen LogP contribution is 2.40. The Bertz CT molecular complexity index is 1170. The Labute approximate surface area is 192 Å². The quantitative estimate of drug-likeness (QED) is 0.460. The van der Waals surface area contributed by atoms with Crippen molar-refractivity contribution in [2.45, 2.75) is 51.0 Å². The number of amides is 1. The molecule has 0 aromatic carbocycles. The Morgan fingerprint density at radius 3 is 2.58 bits per heavy atom. The lowest BCUT2D eigenvalue weighted by Gasteiger charge is -2.12. The van der Waals surface area contributed by atoms with Crippen LogP contribution in [0.25, 0.3) is 0 Å². The monoisotopic (exact) mass is 445 g/mol. The maximum Gasteiger partial charge on any atom is 0.271 e. The van der Waals surface area contributed by atoms with Crippen LogP contribution in [0.15, 0.2) is 37.1 Å². The smallest absolute Gasteiger partial charge is 0.271 e. The lowest BCUT2D eigenvalue weighted by atomic mass is 10.0. The molecule has 0 saturated heterocycles. The summed E-state index contributed by atoms with van der Waals surface area (Å²) >= 11 is 0. The van der Waals surface area contributed by atoms with Gasteiger partial charge >= 0.3 is 0 Å². The van der Waals surface area contributed by atoms with Crippen molar-refractivity contribution in [3.8, 4) is 0 Å².